The molecule has 1 rings (SSSR count). The van der Waals surface area contributed by atoms with E-state index in [1.807, 2.05) is 19.6 Å². The Labute approximate surface area is 189 Å². The molecule has 184 valence electrons. The molecule has 0 amide bonds. The van der Waals surface area contributed by atoms with Gasteiger partial charge in [-0.25, -0.2) is 0 Å². The van der Waals surface area contributed by atoms with E-state index in [9.17, 15) is 34.5 Å². The second-order valence-electron chi connectivity index (χ2n) is 8.40. The summed E-state index contributed by atoms with van der Waals surface area (Å²) >= 11 is 0. The monoisotopic (exact) mass is 458 g/mol. The Kier molecular flexibility index (Phi) is 13.7. The standard InChI is InChI=1S/C21H38N4O7/c1-18(26)14-22-6-2-8-23(15-19(27)28)10-4-12-25(17-21(31)32)13-5-11-24(9-3-7-22)16-20(29)30/h2-17H2,1H3,(H,27,28)(H,29,30)(H,31,32). The normalized spacial score (nSPS) is 20.0. The summed E-state index contributed by atoms with van der Waals surface area (Å²) in [5, 5.41) is 27.6. The number of ketones is 1. The van der Waals surface area contributed by atoms with Gasteiger partial charge in [0.1, 0.15) is 5.78 Å². The minimum Gasteiger partial charge on any atom is -0.480 e. The Morgan fingerprint density at radius 2 is 0.719 bits per heavy atom. The van der Waals surface area contributed by atoms with Crippen molar-refractivity contribution in [3.63, 3.8) is 0 Å². The fourth-order valence-electron chi connectivity index (χ4n) is 4.04. The van der Waals surface area contributed by atoms with Crippen molar-refractivity contribution < 1.29 is 34.5 Å². The molecule has 0 atom stereocenters. The van der Waals surface area contributed by atoms with Crippen LogP contribution in [0, 0.1) is 0 Å². The van der Waals surface area contributed by atoms with Crippen molar-refractivity contribution in [3.05, 3.63) is 0 Å². The van der Waals surface area contributed by atoms with Crippen LogP contribution in [0.15, 0.2) is 0 Å². The van der Waals surface area contributed by atoms with Crippen molar-refractivity contribution in [2.24, 2.45) is 0 Å². The maximum atomic E-state index is 11.6. The molecule has 11 heteroatoms. The van der Waals surface area contributed by atoms with E-state index in [0.29, 0.717) is 84.6 Å². The quantitative estimate of drug-likeness (QED) is 0.438. The third-order valence-electron chi connectivity index (χ3n) is 5.32. The number of hydrogen-bond donors (Lipinski definition) is 3. The third-order valence-corrected chi connectivity index (χ3v) is 5.32. The summed E-state index contributed by atoms with van der Waals surface area (Å²) in [5.74, 6) is -2.67. The number of carbonyl (C=O) groups excluding carboxylic acids is 1. The molecule has 0 aliphatic carbocycles. The molecule has 0 aromatic carbocycles. The first-order chi connectivity index (χ1) is 15.2. The van der Waals surface area contributed by atoms with E-state index >= 15 is 0 Å². The summed E-state index contributed by atoms with van der Waals surface area (Å²) in [7, 11) is 0. The number of carboxylic acid groups (broad SMARTS) is 3. The average Bonchev–Trinajstić information content (AvgIpc) is 2.64. The molecular weight excluding hydrogens is 420 g/mol. The average molecular weight is 459 g/mol. The zero-order valence-corrected chi connectivity index (χ0v) is 19.1. The highest BCUT2D eigenvalue weighted by Crippen LogP contribution is 2.05. The molecule has 0 saturated carbocycles. The maximum absolute atomic E-state index is 11.6. The summed E-state index contributed by atoms with van der Waals surface area (Å²) < 4.78 is 0. The number of Topliss-reactive ketones (excluding diaryl/α,β-unsaturated/α-hetero) is 1. The van der Waals surface area contributed by atoms with E-state index in [1.165, 1.54) is 6.92 Å². The second-order valence-corrected chi connectivity index (χ2v) is 8.40. The van der Waals surface area contributed by atoms with Gasteiger partial charge < -0.3 is 15.3 Å². The lowest BCUT2D eigenvalue weighted by Gasteiger charge is -2.28. The molecule has 0 radical (unpaired) electrons. The van der Waals surface area contributed by atoms with E-state index in [1.54, 1.807) is 0 Å². The van der Waals surface area contributed by atoms with Gasteiger partial charge >= 0.3 is 17.9 Å². The van der Waals surface area contributed by atoms with Crippen molar-refractivity contribution in [2.75, 3.05) is 78.5 Å². The number of aliphatic carboxylic acids is 3. The van der Waals surface area contributed by atoms with E-state index < -0.39 is 17.9 Å². The fraction of sp³-hybridized carbons (Fsp3) is 0.810. The predicted molar refractivity (Wildman–Crippen MR) is 118 cm³/mol. The van der Waals surface area contributed by atoms with Gasteiger partial charge in [0.15, 0.2) is 0 Å². The minimum atomic E-state index is -0.922. The van der Waals surface area contributed by atoms with Gasteiger partial charge in [-0.15, -0.1) is 0 Å². The molecule has 0 aromatic heterocycles. The fourth-order valence-corrected chi connectivity index (χ4v) is 4.04. The van der Waals surface area contributed by atoms with Crippen LogP contribution in [0.1, 0.15) is 32.6 Å². The van der Waals surface area contributed by atoms with E-state index in [0.717, 1.165) is 0 Å². The first-order valence-electron chi connectivity index (χ1n) is 11.2. The highest BCUT2D eigenvalue weighted by molar-refractivity contribution is 5.77. The lowest BCUT2D eigenvalue weighted by Crippen LogP contribution is -2.40. The summed E-state index contributed by atoms with van der Waals surface area (Å²) in [6, 6.07) is 0. The van der Waals surface area contributed by atoms with Crippen LogP contribution in [-0.4, -0.2) is 137 Å². The highest BCUT2D eigenvalue weighted by atomic mass is 16.4. The lowest BCUT2D eigenvalue weighted by molar-refractivity contribution is -0.139. The summed E-state index contributed by atoms with van der Waals surface area (Å²) in [5.41, 5.74) is 0. The van der Waals surface area contributed by atoms with Crippen molar-refractivity contribution in [1.29, 1.82) is 0 Å². The smallest absolute Gasteiger partial charge is 0.317 e. The van der Waals surface area contributed by atoms with Gasteiger partial charge in [-0.1, -0.05) is 0 Å². The largest absolute Gasteiger partial charge is 0.480 e. The predicted octanol–water partition coefficient (Wildman–Crippen LogP) is -0.389. The molecular formula is C21H38N4O7. The summed E-state index contributed by atoms with van der Waals surface area (Å²) in [4.78, 5) is 52.9. The second kappa shape index (κ2) is 15.7. The van der Waals surface area contributed by atoms with Crippen molar-refractivity contribution in [2.45, 2.75) is 32.6 Å². The van der Waals surface area contributed by atoms with Crippen molar-refractivity contribution in [3.8, 4) is 0 Å². The number of carbonyl (C=O) groups is 4. The van der Waals surface area contributed by atoms with Crippen LogP contribution in [0.25, 0.3) is 0 Å². The van der Waals surface area contributed by atoms with Gasteiger partial charge in [0.25, 0.3) is 0 Å². The molecule has 1 fully saturated rings. The van der Waals surface area contributed by atoms with Gasteiger partial charge in [0.05, 0.1) is 26.2 Å². The van der Waals surface area contributed by atoms with E-state index in [2.05, 4.69) is 0 Å². The first-order valence-corrected chi connectivity index (χ1v) is 11.2. The molecule has 11 nitrogen and oxygen atoms in total. The lowest BCUT2D eigenvalue weighted by atomic mass is 10.2. The Hall–Kier alpha value is -2.08. The van der Waals surface area contributed by atoms with Gasteiger partial charge in [-0.3, -0.25) is 38.8 Å². The van der Waals surface area contributed by atoms with E-state index in [-0.39, 0.29) is 25.4 Å². The number of rotatable bonds is 8. The zero-order chi connectivity index (χ0) is 23.9. The third kappa shape index (κ3) is 14.1. The molecule has 3 N–H and O–H groups in total. The van der Waals surface area contributed by atoms with Crippen LogP contribution in [0.2, 0.25) is 0 Å². The van der Waals surface area contributed by atoms with Gasteiger partial charge in [-0.2, -0.15) is 0 Å². The molecule has 1 heterocycles. The van der Waals surface area contributed by atoms with Crippen LogP contribution in [-0.2, 0) is 19.2 Å². The van der Waals surface area contributed by atoms with Crippen molar-refractivity contribution >= 4 is 23.7 Å². The molecule has 1 saturated heterocycles. The van der Waals surface area contributed by atoms with Gasteiger partial charge in [-0.05, 0) is 85.0 Å². The highest BCUT2D eigenvalue weighted by Gasteiger charge is 2.17. The SMILES string of the molecule is CC(=O)CN1CCCN(CC(=O)O)CCCN(CC(=O)O)CCCN(CC(=O)O)CCC1. The minimum absolute atomic E-state index is 0.0581. The summed E-state index contributed by atoms with van der Waals surface area (Å²) in [6.45, 7) is 6.20. The van der Waals surface area contributed by atoms with Crippen LogP contribution in [0.5, 0.6) is 0 Å². The van der Waals surface area contributed by atoms with Crippen LogP contribution in [0.4, 0.5) is 0 Å². The molecule has 0 unspecified atom stereocenters. The van der Waals surface area contributed by atoms with E-state index in [4.69, 9.17) is 0 Å². The summed E-state index contributed by atoms with van der Waals surface area (Å²) in [6.07, 6.45) is 2.68. The molecule has 0 bridgehead atoms. The maximum Gasteiger partial charge on any atom is 0.317 e. The van der Waals surface area contributed by atoms with Gasteiger partial charge in [0.2, 0.25) is 0 Å². The number of hydrogen-bond acceptors (Lipinski definition) is 8. The topological polar surface area (TPSA) is 142 Å². The zero-order valence-electron chi connectivity index (χ0n) is 19.1. The molecule has 32 heavy (non-hydrogen) atoms. The number of carboxylic acids is 3. The Morgan fingerprint density at radius 1 is 0.500 bits per heavy atom. The Bertz CT molecular complexity index is 497. The molecule has 1 aliphatic heterocycles. The first kappa shape index (κ1) is 28.0. The van der Waals surface area contributed by atoms with Crippen LogP contribution in [0.3, 0.4) is 0 Å². The number of nitrogens with zero attached hydrogens (tertiary/aromatic N) is 4. The Morgan fingerprint density at radius 3 is 0.906 bits per heavy atom. The van der Waals surface area contributed by atoms with Crippen molar-refractivity contribution in [1.82, 2.24) is 19.6 Å². The van der Waals surface area contributed by atoms with Crippen LogP contribution < -0.4 is 0 Å². The Balaban J connectivity index is 2.85. The van der Waals surface area contributed by atoms with Crippen LogP contribution >= 0.6 is 0 Å². The molecule has 0 aromatic rings. The van der Waals surface area contributed by atoms with Gasteiger partial charge in [0, 0.05) is 0 Å². The molecule has 1 aliphatic rings. The molecule has 0 spiro atoms.